The van der Waals surface area contributed by atoms with Crippen molar-refractivity contribution in [2.75, 3.05) is 13.2 Å². The Bertz CT molecular complexity index is 1060. The highest BCUT2D eigenvalue weighted by atomic mass is 16.5. The number of aliphatic hydroxyl groups excluding tert-OH is 2. The van der Waals surface area contributed by atoms with Crippen molar-refractivity contribution in [2.45, 2.75) is 379 Å². The van der Waals surface area contributed by atoms with Crippen molar-refractivity contribution in [1.82, 2.24) is 5.32 Å². The molecule has 3 N–H and O–H groups in total. The first-order valence-electron chi connectivity index (χ1n) is 32.4. The zero-order valence-electron chi connectivity index (χ0n) is 48.2. The summed E-state index contributed by atoms with van der Waals surface area (Å²) >= 11 is 0. The van der Waals surface area contributed by atoms with Gasteiger partial charge in [-0.2, -0.15) is 0 Å². The second-order valence-electron chi connectivity index (χ2n) is 22.5. The van der Waals surface area contributed by atoms with E-state index in [0.29, 0.717) is 25.9 Å². The fourth-order valence-corrected chi connectivity index (χ4v) is 10.3. The minimum Gasteiger partial charge on any atom is -0.466 e. The Hall–Kier alpha value is -1.40. The van der Waals surface area contributed by atoms with Gasteiger partial charge in [0.05, 0.1) is 25.4 Å². The molecule has 71 heavy (non-hydrogen) atoms. The zero-order chi connectivity index (χ0) is 51.4. The summed E-state index contributed by atoms with van der Waals surface area (Å²) in [4.78, 5) is 24.5. The van der Waals surface area contributed by atoms with E-state index >= 15 is 0 Å². The molecule has 2 atom stereocenters. The summed E-state index contributed by atoms with van der Waals surface area (Å²) in [6, 6.07) is -0.544. The van der Waals surface area contributed by atoms with E-state index in [1.807, 2.05) is 0 Å². The molecule has 0 aromatic carbocycles. The number of nitrogens with one attached hydrogen (secondary N) is 1. The van der Waals surface area contributed by atoms with Crippen LogP contribution in [0.15, 0.2) is 12.2 Å². The topological polar surface area (TPSA) is 95.9 Å². The first kappa shape index (κ1) is 69.6. The van der Waals surface area contributed by atoms with Crippen LogP contribution in [0, 0.1) is 0 Å². The molecular formula is C65H127NO5. The molecule has 6 heteroatoms. The predicted molar refractivity (Wildman–Crippen MR) is 310 cm³/mol. The van der Waals surface area contributed by atoms with Crippen molar-refractivity contribution in [3.8, 4) is 0 Å². The van der Waals surface area contributed by atoms with Gasteiger partial charge >= 0.3 is 5.97 Å². The minimum absolute atomic E-state index is 0.000969. The molecular weight excluding hydrogens is 875 g/mol. The number of unbranched alkanes of at least 4 members (excludes halogenated alkanes) is 48. The van der Waals surface area contributed by atoms with Crippen LogP contribution in [0.3, 0.4) is 0 Å². The van der Waals surface area contributed by atoms with Crippen molar-refractivity contribution in [1.29, 1.82) is 0 Å². The number of esters is 1. The number of carbonyl (C=O) groups excluding carboxylic acids is 2. The quantitative estimate of drug-likeness (QED) is 0.0320. The van der Waals surface area contributed by atoms with Gasteiger partial charge in [0, 0.05) is 12.8 Å². The van der Waals surface area contributed by atoms with E-state index in [0.717, 1.165) is 44.9 Å². The molecule has 0 fully saturated rings. The maximum Gasteiger partial charge on any atom is 0.305 e. The van der Waals surface area contributed by atoms with E-state index in [2.05, 4.69) is 31.3 Å². The van der Waals surface area contributed by atoms with Crippen LogP contribution in [0.4, 0.5) is 0 Å². The van der Waals surface area contributed by atoms with Crippen LogP contribution in [0.2, 0.25) is 0 Å². The minimum atomic E-state index is -0.667. The standard InChI is InChI=1S/C65H127NO5/c1-3-5-7-9-11-13-15-16-17-18-19-20-21-22-23-25-28-31-34-38-41-45-49-53-57-63(68)62(61-67)66-64(69)58-54-50-46-42-39-35-32-29-26-24-27-30-33-36-40-44-48-52-56-60-71-65(70)59-55-51-47-43-37-14-12-10-8-6-4-2/h10,12,62-63,67-68H,3-9,11,13-61H2,1-2H3,(H,66,69)/b12-10-. The molecule has 0 aliphatic rings. The number of hydrogen-bond donors (Lipinski definition) is 3. The molecule has 0 heterocycles. The summed E-state index contributed by atoms with van der Waals surface area (Å²) in [6.45, 7) is 4.94. The number of ether oxygens (including phenoxy) is 1. The van der Waals surface area contributed by atoms with Crippen molar-refractivity contribution in [2.24, 2.45) is 0 Å². The summed E-state index contributed by atoms with van der Waals surface area (Å²) in [7, 11) is 0. The molecule has 0 rings (SSSR count). The fourth-order valence-electron chi connectivity index (χ4n) is 10.3. The summed E-state index contributed by atoms with van der Waals surface area (Å²) in [5, 5.41) is 23.4. The lowest BCUT2D eigenvalue weighted by Crippen LogP contribution is -2.45. The molecule has 0 aromatic rings. The molecule has 0 radical (unpaired) electrons. The lowest BCUT2D eigenvalue weighted by molar-refractivity contribution is -0.143. The number of rotatable bonds is 61. The van der Waals surface area contributed by atoms with Gasteiger partial charge in [0.15, 0.2) is 0 Å². The van der Waals surface area contributed by atoms with Crippen LogP contribution in [0.25, 0.3) is 0 Å². The summed E-state index contributed by atoms with van der Waals surface area (Å²) in [5.74, 6) is -0.0344. The lowest BCUT2D eigenvalue weighted by Gasteiger charge is -2.22. The van der Waals surface area contributed by atoms with Crippen molar-refractivity contribution in [3.05, 3.63) is 12.2 Å². The van der Waals surface area contributed by atoms with Gasteiger partial charge in [0.2, 0.25) is 5.91 Å². The maximum absolute atomic E-state index is 12.5. The van der Waals surface area contributed by atoms with Gasteiger partial charge in [-0.1, -0.05) is 321 Å². The Morgan fingerprint density at radius 2 is 0.676 bits per heavy atom. The molecule has 0 aliphatic carbocycles. The first-order chi connectivity index (χ1) is 35.0. The molecule has 1 amide bonds. The fraction of sp³-hybridized carbons (Fsp3) is 0.938. The van der Waals surface area contributed by atoms with E-state index in [9.17, 15) is 19.8 Å². The molecule has 0 spiro atoms. The van der Waals surface area contributed by atoms with Crippen LogP contribution >= 0.6 is 0 Å². The maximum atomic E-state index is 12.5. The monoisotopic (exact) mass is 1000 g/mol. The Labute approximate surface area is 444 Å². The van der Waals surface area contributed by atoms with Crippen LogP contribution in [-0.2, 0) is 14.3 Å². The number of allylic oxidation sites excluding steroid dienone is 2. The lowest BCUT2D eigenvalue weighted by atomic mass is 10.0. The van der Waals surface area contributed by atoms with E-state index in [1.165, 1.54) is 289 Å². The number of carbonyl (C=O) groups is 2. The van der Waals surface area contributed by atoms with E-state index in [4.69, 9.17) is 4.74 Å². The number of hydrogen-bond acceptors (Lipinski definition) is 5. The van der Waals surface area contributed by atoms with Gasteiger partial charge in [-0.3, -0.25) is 9.59 Å². The van der Waals surface area contributed by atoms with Crippen molar-refractivity contribution < 1.29 is 24.5 Å². The molecule has 0 saturated heterocycles. The Morgan fingerprint density at radius 1 is 0.380 bits per heavy atom. The van der Waals surface area contributed by atoms with Crippen molar-refractivity contribution in [3.63, 3.8) is 0 Å². The number of amides is 1. The highest BCUT2D eigenvalue weighted by molar-refractivity contribution is 5.76. The Morgan fingerprint density at radius 3 is 1.04 bits per heavy atom. The third kappa shape index (κ3) is 57.7. The summed E-state index contributed by atoms with van der Waals surface area (Å²) in [6.07, 6.45) is 73.7. The average molecular weight is 1000 g/mol. The van der Waals surface area contributed by atoms with Gasteiger partial charge in [0.25, 0.3) is 0 Å². The van der Waals surface area contributed by atoms with Gasteiger partial charge in [-0.25, -0.2) is 0 Å². The summed E-state index contributed by atoms with van der Waals surface area (Å²) in [5.41, 5.74) is 0. The van der Waals surface area contributed by atoms with E-state index in [-0.39, 0.29) is 18.5 Å². The zero-order valence-corrected chi connectivity index (χ0v) is 48.2. The van der Waals surface area contributed by atoms with Gasteiger partial charge in [0.1, 0.15) is 0 Å². The number of aliphatic hydroxyl groups is 2. The van der Waals surface area contributed by atoms with Crippen molar-refractivity contribution >= 4 is 11.9 Å². The third-order valence-corrected chi connectivity index (χ3v) is 15.3. The highest BCUT2D eigenvalue weighted by Gasteiger charge is 2.20. The molecule has 422 valence electrons. The predicted octanol–water partition coefficient (Wildman–Crippen LogP) is 20.4. The second kappa shape index (κ2) is 61.1. The Balaban J connectivity index is 3.40. The average Bonchev–Trinajstić information content (AvgIpc) is 3.37. The van der Waals surface area contributed by atoms with Crippen LogP contribution in [0.5, 0.6) is 0 Å². The molecule has 0 aliphatic heterocycles. The van der Waals surface area contributed by atoms with Gasteiger partial charge in [-0.05, 0) is 44.9 Å². The molecule has 0 saturated carbocycles. The largest absolute Gasteiger partial charge is 0.466 e. The molecule has 2 unspecified atom stereocenters. The second-order valence-corrected chi connectivity index (χ2v) is 22.5. The molecule has 0 aromatic heterocycles. The SMILES string of the molecule is CCCC/C=C\CCCCCCCC(=O)OCCCCCCCCCCCCCCCCCCCCCC(=O)NC(CO)C(O)CCCCCCCCCCCCCCCCCCCCCCCCCC. The first-order valence-corrected chi connectivity index (χ1v) is 32.4. The van der Waals surface area contributed by atoms with Crippen LogP contribution in [0.1, 0.15) is 367 Å². The van der Waals surface area contributed by atoms with Gasteiger partial charge < -0.3 is 20.3 Å². The summed E-state index contributed by atoms with van der Waals surface area (Å²) < 4.78 is 5.46. The molecule has 0 bridgehead atoms. The Kier molecular flexibility index (Phi) is 59.9. The highest BCUT2D eigenvalue weighted by Crippen LogP contribution is 2.19. The third-order valence-electron chi connectivity index (χ3n) is 15.3. The van der Waals surface area contributed by atoms with E-state index in [1.54, 1.807) is 0 Å². The normalized spacial score (nSPS) is 12.6. The van der Waals surface area contributed by atoms with Crippen LogP contribution in [-0.4, -0.2) is 47.4 Å². The smallest absolute Gasteiger partial charge is 0.305 e. The molecule has 6 nitrogen and oxygen atoms in total. The van der Waals surface area contributed by atoms with E-state index < -0.39 is 12.1 Å². The van der Waals surface area contributed by atoms with Gasteiger partial charge in [-0.15, -0.1) is 0 Å². The van der Waals surface area contributed by atoms with Crippen LogP contribution < -0.4 is 5.32 Å².